The summed E-state index contributed by atoms with van der Waals surface area (Å²) in [6, 6.07) is 2.06. The van der Waals surface area contributed by atoms with Crippen LogP contribution < -0.4 is 0 Å². The highest BCUT2D eigenvalue weighted by molar-refractivity contribution is 4.96. The van der Waals surface area contributed by atoms with Gasteiger partial charge in [-0.1, -0.05) is 13.3 Å². The lowest BCUT2D eigenvalue weighted by Crippen LogP contribution is -2.60. The molecule has 0 saturated carbocycles. The van der Waals surface area contributed by atoms with Crippen molar-refractivity contribution in [2.45, 2.75) is 64.1 Å². The maximum absolute atomic E-state index is 5.50. The summed E-state index contributed by atoms with van der Waals surface area (Å²) >= 11 is 0. The molecule has 2 heteroatoms. The Morgan fingerprint density at radius 1 is 1.35 bits per heavy atom. The number of hydrogen-bond donors (Lipinski definition) is 0. The third-order valence-electron chi connectivity index (χ3n) is 4.53. The number of hydrogen-bond acceptors (Lipinski definition) is 2. The summed E-state index contributed by atoms with van der Waals surface area (Å²) in [6.07, 6.45) is 11.8. The molecular weight excluding hydrogens is 208 g/mol. The molecule has 0 aromatic carbocycles. The summed E-state index contributed by atoms with van der Waals surface area (Å²) in [5, 5.41) is 0. The average molecular weight is 234 g/mol. The van der Waals surface area contributed by atoms with Gasteiger partial charge in [-0.05, 0) is 32.7 Å². The third kappa shape index (κ3) is 2.84. The lowest BCUT2D eigenvalue weighted by Gasteiger charge is -2.49. The maximum atomic E-state index is 5.50. The van der Waals surface area contributed by atoms with E-state index in [4.69, 9.17) is 6.42 Å². The van der Waals surface area contributed by atoms with Gasteiger partial charge in [0.05, 0.1) is 0 Å². The Kier molecular flexibility index (Phi) is 4.48. The van der Waals surface area contributed by atoms with Gasteiger partial charge in [-0.2, -0.15) is 0 Å². The molecule has 0 aromatic rings. The maximum Gasteiger partial charge on any atom is 0.0242 e. The van der Waals surface area contributed by atoms with Crippen LogP contribution in [0.1, 0.15) is 46.0 Å². The van der Waals surface area contributed by atoms with E-state index in [2.05, 4.69) is 29.6 Å². The van der Waals surface area contributed by atoms with Crippen molar-refractivity contribution in [2.75, 3.05) is 19.6 Å². The predicted octanol–water partition coefficient (Wildman–Crippen LogP) is 2.35. The standard InChI is InChI=1S/C15H26N2/c1-4-8-14(5-2)17-12-15-9-6-7-10-16(15)11-13(17)3/h1,13-15H,5-12H2,2-3H3. The molecule has 0 spiro atoms. The van der Waals surface area contributed by atoms with Gasteiger partial charge in [0, 0.05) is 37.6 Å². The van der Waals surface area contributed by atoms with Gasteiger partial charge < -0.3 is 0 Å². The van der Waals surface area contributed by atoms with E-state index < -0.39 is 0 Å². The molecule has 2 heterocycles. The highest BCUT2D eigenvalue weighted by atomic mass is 15.3. The molecule has 0 N–H and O–H groups in total. The van der Waals surface area contributed by atoms with Crippen LogP contribution in [0.4, 0.5) is 0 Å². The number of fused-ring (bicyclic) bond motifs is 1. The van der Waals surface area contributed by atoms with Crippen LogP contribution in [0, 0.1) is 12.3 Å². The Morgan fingerprint density at radius 2 is 2.18 bits per heavy atom. The monoisotopic (exact) mass is 234 g/mol. The van der Waals surface area contributed by atoms with Crippen molar-refractivity contribution in [3.05, 3.63) is 0 Å². The molecule has 2 rings (SSSR count). The molecule has 0 aromatic heterocycles. The van der Waals surface area contributed by atoms with Crippen molar-refractivity contribution in [2.24, 2.45) is 0 Å². The Balaban J connectivity index is 2.00. The fraction of sp³-hybridized carbons (Fsp3) is 0.867. The molecule has 17 heavy (non-hydrogen) atoms. The largest absolute Gasteiger partial charge is 0.298 e. The first-order valence-electron chi connectivity index (χ1n) is 7.19. The summed E-state index contributed by atoms with van der Waals surface area (Å²) in [5.41, 5.74) is 0. The second-order valence-corrected chi connectivity index (χ2v) is 5.66. The summed E-state index contributed by atoms with van der Waals surface area (Å²) in [5.74, 6) is 2.85. The summed E-state index contributed by atoms with van der Waals surface area (Å²) < 4.78 is 0. The molecule has 3 unspecified atom stereocenters. The van der Waals surface area contributed by atoms with Crippen molar-refractivity contribution in [3.63, 3.8) is 0 Å². The molecule has 96 valence electrons. The number of terminal acetylenes is 1. The van der Waals surface area contributed by atoms with Gasteiger partial charge in [-0.25, -0.2) is 0 Å². The molecule has 0 bridgehead atoms. The van der Waals surface area contributed by atoms with Crippen LogP contribution in [0.25, 0.3) is 0 Å². The van der Waals surface area contributed by atoms with Crippen LogP contribution in [0.5, 0.6) is 0 Å². The van der Waals surface area contributed by atoms with Crippen LogP contribution in [-0.4, -0.2) is 47.6 Å². The van der Waals surface area contributed by atoms with E-state index in [0.717, 1.165) is 12.5 Å². The Bertz CT molecular complexity index is 281. The number of nitrogens with zero attached hydrogens (tertiary/aromatic N) is 2. The molecule has 0 amide bonds. The average Bonchev–Trinajstić information content (AvgIpc) is 2.35. The molecule has 0 radical (unpaired) electrons. The molecule has 2 saturated heterocycles. The van der Waals surface area contributed by atoms with Gasteiger partial charge >= 0.3 is 0 Å². The lowest BCUT2D eigenvalue weighted by molar-refractivity contribution is -0.00759. The fourth-order valence-electron chi connectivity index (χ4n) is 3.52. The zero-order valence-corrected chi connectivity index (χ0v) is 11.4. The van der Waals surface area contributed by atoms with E-state index >= 15 is 0 Å². The smallest absolute Gasteiger partial charge is 0.0242 e. The minimum atomic E-state index is 0.596. The zero-order valence-electron chi connectivity index (χ0n) is 11.4. The molecule has 2 fully saturated rings. The van der Waals surface area contributed by atoms with Crippen molar-refractivity contribution < 1.29 is 0 Å². The lowest BCUT2D eigenvalue weighted by atomic mass is 9.95. The van der Waals surface area contributed by atoms with Crippen LogP contribution in [0.15, 0.2) is 0 Å². The Labute approximate surface area is 106 Å². The SMILES string of the molecule is C#CCC(CC)N1CC2CCCCN2CC1C. The number of piperazine rings is 1. The minimum absolute atomic E-state index is 0.596. The van der Waals surface area contributed by atoms with Gasteiger partial charge in [0.15, 0.2) is 0 Å². The van der Waals surface area contributed by atoms with Crippen LogP contribution in [0.3, 0.4) is 0 Å². The van der Waals surface area contributed by atoms with Gasteiger partial charge in [0.2, 0.25) is 0 Å². The Hall–Kier alpha value is -0.520. The van der Waals surface area contributed by atoms with E-state index in [9.17, 15) is 0 Å². The predicted molar refractivity (Wildman–Crippen MR) is 72.9 cm³/mol. The molecule has 2 aliphatic rings. The van der Waals surface area contributed by atoms with Crippen molar-refractivity contribution in [1.29, 1.82) is 0 Å². The quantitative estimate of drug-likeness (QED) is 0.692. The second-order valence-electron chi connectivity index (χ2n) is 5.66. The highest BCUT2D eigenvalue weighted by Crippen LogP contribution is 2.26. The zero-order chi connectivity index (χ0) is 12.3. The first-order valence-corrected chi connectivity index (χ1v) is 7.19. The first-order chi connectivity index (χ1) is 8.26. The molecular formula is C15H26N2. The molecule has 2 aliphatic heterocycles. The molecule has 3 atom stereocenters. The first kappa shape index (κ1) is 12.9. The topological polar surface area (TPSA) is 6.48 Å². The van der Waals surface area contributed by atoms with Crippen molar-refractivity contribution >= 4 is 0 Å². The fourth-order valence-corrected chi connectivity index (χ4v) is 3.52. The molecule has 0 aliphatic carbocycles. The van der Waals surface area contributed by atoms with E-state index in [1.165, 1.54) is 45.3 Å². The van der Waals surface area contributed by atoms with Crippen molar-refractivity contribution in [1.82, 2.24) is 9.80 Å². The second kappa shape index (κ2) is 5.89. The normalized spacial score (nSPS) is 32.8. The number of rotatable bonds is 3. The molecule has 2 nitrogen and oxygen atoms in total. The summed E-state index contributed by atoms with van der Waals surface area (Å²) in [7, 11) is 0. The van der Waals surface area contributed by atoms with Crippen LogP contribution in [-0.2, 0) is 0 Å². The third-order valence-corrected chi connectivity index (χ3v) is 4.53. The van der Waals surface area contributed by atoms with Gasteiger partial charge in [0.25, 0.3) is 0 Å². The van der Waals surface area contributed by atoms with E-state index in [-0.39, 0.29) is 0 Å². The van der Waals surface area contributed by atoms with Gasteiger partial charge in [-0.15, -0.1) is 12.3 Å². The summed E-state index contributed by atoms with van der Waals surface area (Å²) in [4.78, 5) is 5.37. The van der Waals surface area contributed by atoms with Gasteiger partial charge in [-0.3, -0.25) is 9.80 Å². The Morgan fingerprint density at radius 3 is 2.88 bits per heavy atom. The summed E-state index contributed by atoms with van der Waals surface area (Å²) in [6.45, 7) is 8.42. The minimum Gasteiger partial charge on any atom is -0.298 e. The van der Waals surface area contributed by atoms with Crippen LogP contribution in [0.2, 0.25) is 0 Å². The van der Waals surface area contributed by atoms with E-state index in [0.29, 0.717) is 12.1 Å². The van der Waals surface area contributed by atoms with E-state index in [1.807, 2.05) is 0 Å². The number of piperidine rings is 1. The highest BCUT2D eigenvalue weighted by Gasteiger charge is 2.35. The van der Waals surface area contributed by atoms with Crippen LogP contribution >= 0.6 is 0 Å². The van der Waals surface area contributed by atoms with Gasteiger partial charge in [0.1, 0.15) is 0 Å². The van der Waals surface area contributed by atoms with E-state index in [1.54, 1.807) is 0 Å². The van der Waals surface area contributed by atoms with Crippen molar-refractivity contribution in [3.8, 4) is 12.3 Å².